The minimum Gasteiger partial charge on any atom is -0.554 e. The van der Waals surface area contributed by atoms with Gasteiger partial charge in [0.15, 0.2) is 0 Å². The Hall–Kier alpha value is -1.24. The quantitative estimate of drug-likeness (QED) is 0.249. The fraction of sp³-hybridized carbons (Fsp3) is 0.545. The van der Waals surface area contributed by atoms with Gasteiger partial charge in [-0.05, 0) is 56.4 Å². The van der Waals surface area contributed by atoms with Gasteiger partial charge in [-0.3, -0.25) is 10.9 Å². The molecular weight excluding hydrogens is 598 g/mol. The molecule has 0 spiro atoms. The standard InChI is InChI=1S/C12H19F2NO.C10H10N2.U/c1-2-3-4-11-7-10(8-15-9-16)5-6-12(11,13)14;1-3-12-10-5-4-9(7-11)6-8(10)2;/h11H,2-8H2,1H3,(H,15,16);3-6H,1-2H3;/q-2;;+2. The molecule has 0 heterocycles. The topological polar surface area (TPSA) is 65.2 Å². The van der Waals surface area contributed by atoms with Crippen LogP contribution in [0.25, 0.3) is 0 Å². The summed E-state index contributed by atoms with van der Waals surface area (Å²) >= 11 is 0. The van der Waals surface area contributed by atoms with E-state index in [2.05, 4.69) is 16.4 Å². The third-order valence-electron chi connectivity index (χ3n) is 4.86. The molecule has 1 aromatic rings. The first kappa shape index (κ1) is 27.8. The van der Waals surface area contributed by atoms with Gasteiger partial charge in [0.1, 0.15) is 0 Å². The fourth-order valence-electron chi connectivity index (χ4n) is 3.24. The Morgan fingerprint density at radius 3 is 2.76 bits per heavy atom. The van der Waals surface area contributed by atoms with Gasteiger partial charge >= 0.3 is 31.1 Å². The third kappa shape index (κ3) is 9.88. The molecule has 1 atom stereocenters. The van der Waals surface area contributed by atoms with E-state index in [1.165, 1.54) is 0 Å². The van der Waals surface area contributed by atoms with E-state index in [1.807, 2.05) is 32.9 Å². The molecule has 1 amide bonds. The number of hydrogen-bond donors (Lipinski definition) is 1. The number of alkyl halides is 2. The van der Waals surface area contributed by atoms with Gasteiger partial charge in [-0.15, -0.1) is 6.54 Å². The van der Waals surface area contributed by atoms with Crippen molar-refractivity contribution in [3.05, 3.63) is 35.2 Å². The summed E-state index contributed by atoms with van der Waals surface area (Å²) in [5.41, 5.74) is 2.64. The molecule has 0 saturated heterocycles. The van der Waals surface area contributed by atoms with Crippen LogP contribution in [0.4, 0.5) is 14.5 Å². The molecular formula is C22H29F2N3OU. The molecule has 0 aromatic heterocycles. The summed E-state index contributed by atoms with van der Waals surface area (Å²) in [6.45, 7) is 6.23. The predicted octanol–water partition coefficient (Wildman–Crippen LogP) is 5.43. The number of aliphatic imine (C=N–C) groups is 1. The van der Waals surface area contributed by atoms with Gasteiger partial charge < -0.3 is 10.1 Å². The van der Waals surface area contributed by atoms with E-state index in [4.69, 9.17) is 5.26 Å². The summed E-state index contributed by atoms with van der Waals surface area (Å²) in [6.07, 6.45) is 6.50. The van der Waals surface area contributed by atoms with Gasteiger partial charge in [0, 0.05) is 6.21 Å². The van der Waals surface area contributed by atoms with E-state index < -0.39 is 11.8 Å². The molecule has 1 unspecified atom stereocenters. The number of aryl methyl sites for hydroxylation is 1. The van der Waals surface area contributed by atoms with Gasteiger partial charge in [-0.2, -0.15) is 24.5 Å². The number of nitrogens with zero attached hydrogens (tertiary/aromatic N) is 2. The molecule has 1 fully saturated rings. The molecule has 4 nitrogen and oxygen atoms in total. The smallest absolute Gasteiger partial charge is 0.554 e. The van der Waals surface area contributed by atoms with Crippen molar-refractivity contribution in [1.29, 1.82) is 5.26 Å². The van der Waals surface area contributed by atoms with Crippen molar-refractivity contribution in [2.24, 2.45) is 10.9 Å². The van der Waals surface area contributed by atoms with Crippen molar-refractivity contribution in [1.82, 2.24) is 5.32 Å². The molecule has 7 heteroatoms. The Labute approximate surface area is 196 Å². The van der Waals surface area contributed by atoms with Crippen LogP contribution in [0.5, 0.6) is 0 Å². The first-order valence-electron chi connectivity index (χ1n) is 9.68. The maximum Gasteiger partial charge on any atom is 2.00 e. The Balaban J connectivity index is 0.000000542. The number of hydrogen-bond acceptors (Lipinski definition) is 3. The van der Waals surface area contributed by atoms with E-state index in [9.17, 15) is 13.6 Å². The van der Waals surface area contributed by atoms with Crippen LogP contribution < -0.4 is 5.32 Å². The van der Waals surface area contributed by atoms with E-state index in [0.717, 1.165) is 30.0 Å². The predicted molar refractivity (Wildman–Crippen MR) is 108 cm³/mol. The average molecular weight is 628 g/mol. The number of carbonyl (C=O) groups excluding carboxylic acids is 1. The summed E-state index contributed by atoms with van der Waals surface area (Å²) in [5.74, 6) is -2.04. The SMILES string of the molecule is CC=Nc1ccc(C#N)cc1C.CCCCC1C[C-](CN[C-]=O)CCC1(F)F.[U+2]. The molecule has 1 aliphatic carbocycles. The van der Waals surface area contributed by atoms with Crippen LogP contribution in [0.15, 0.2) is 23.2 Å². The number of nitriles is 1. The summed E-state index contributed by atoms with van der Waals surface area (Å²) in [5, 5.41) is 11.0. The van der Waals surface area contributed by atoms with Crippen molar-refractivity contribution in [3.63, 3.8) is 0 Å². The number of unbranched alkanes of at least 4 members (excludes halogenated alkanes) is 1. The normalized spacial score (nSPS) is 18.1. The van der Waals surface area contributed by atoms with E-state index in [1.54, 1.807) is 18.7 Å². The third-order valence-corrected chi connectivity index (χ3v) is 4.86. The van der Waals surface area contributed by atoms with Crippen LogP contribution in [0.1, 0.15) is 63.5 Å². The second-order valence-corrected chi connectivity index (χ2v) is 7.01. The summed E-state index contributed by atoms with van der Waals surface area (Å²) in [6, 6.07) is 7.55. The molecule has 1 aromatic carbocycles. The first-order valence-corrected chi connectivity index (χ1v) is 9.68. The molecule has 29 heavy (non-hydrogen) atoms. The molecule has 2 rings (SSSR count). The van der Waals surface area contributed by atoms with Crippen molar-refractivity contribution in [2.45, 2.75) is 65.2 Å². The zero-order valence-corrected chi connectivity index (χ0v) is 21.6. The first-order chi connectivity index (χ1) is 13.4. The Morgan fingerprint density at radius 1 is 1.48 bits per heavy atom. The van der Waals surface area contributed by atoms with Crippen molar-refractivity contribution in [3.8, 4) is 6.07 Å². The average Bonchev–Trinajstić information content (AvgIpc) is 2.68. The Bertz CT molecular complexity index is 689. The zero-order valence-electron chi connectivity index (χ0n) is 17.4. The molecule has 1 saturated carbocycles. The van der Waals surface area contributed by atoms with Crippen molar-refractivity contribution < 1.29 is 44.7 Å². The second kappa shape index (κ2) is 14.7. The van der Waals surface area contributed by atoms with Crippen LogP contribution in [0, 0.1) is 61.2 Å². The number of benzene rings is 1. The Kier molecular flexibility index (Phi) is 14.1. The minimum absolute atomic E-state index is 0. The van der Waals surface area contributed by atoms with Crippen molar-refractivity contribution >= 4 is 18.3 Å². The van der Waals surface area contributed by atoms with Crippen molar-refractivity contribution in [2.75, 3.05) is 6.54 Å². The summed E-state index contributed by atoms with van der Waals surface area (Å²) in [7, 11) is 0. The monoisotopic (exact) mass is 627 g/mol. The molecule has 0 bridgehead atoms. The molecule has 156 valence electrons. The van der Waals surface area contributed by atoms with Crippen LogP contribution in [0.3, 0.4) is 0 Å². The van der Waals surface area contributed by atoms with Gasteiger partial charge in [0.2, 0.25) is 5.92 Å². The maximum absolute atomic E-state index is 13.6. The van der Waals surface area contributed by atoms with Crippen LogP contribution in [0.2, 0.25) is 0 Å². The number of amides is 1. The van der Waals surface area contributed by atoms with Crippen LogP contribution in [-0.4, -0.2) is 25.1 Å². The van der Waals surface area contributed by atoms with E-state index >= 15 is 0 Å². The molecule has 1 N–H and O–H groups in total. The van der Waals surface area contributed by atoms with Gasteiger partial charge in [0.05, 0.1) is 17.3 Å². The molecule has 0 aliphatic heterocycles. The van der Waals surface area contributed by atoms with Gasteiger partial charge in [-0.1, -0.05) is 19.8 Å². The molecule has 1 aliphatic rings. The zero-order chi connectivity index (χ0) is 21.0. The maximum atomic E-state index is 13.6. The minimum atomic E-state index is -2.52. The summed E-state index contributed by atoms with van der Waals surface area (Å²) in [4.78, 5) is 14.2. The van der Waals surface area contributed by atoms with Gasteiger partial charge in [-0.25, -0.2) is 8.78 Å². The fourth-order valence-corrected chi connectivity index (χ4v) is 3.24. The summed E-state index contributed by atoms with van der Waals surface area (Å²) < 4.78 is 27.2. The van der Waals surface area contributed by atoms with Crippen LogP contribution in [-0.2, 0) is 4.79 Å². The van der Waals surface area contributed by atoms with Crippen LogP contribution >= 0.6 is 0 Å². The number of halogens is 2. The number of rotatable bonds is 7. The number of nitrogens with one attached hydrogen (secondary N) is 1. The largest absolute Gasteiger partial charge is 2.00 e. The Morgan fingerprint density at radius 2 is 2.21 bits per heavy atom. The molecule has 0 radical (unpaired) electrons. The van der Waals surface area contributed by atoms with Gasteiger partial charge in [0.25, 0.3) is 0 Å². The van der Waals surface area contributed by atoms with E-state index in [-0.39, 0.29) is 37.5 Å². The van der Waals surface area contributed by atoms with E-state index in [0.29, 0.717) is 31.4 Å². The second-order valence-electron chi connectivity index (χ2n) is 7.01.